The van der Waals surface area contributed by atoms with E-state index in [1.165, 1.54) is 6.20 Å². The van der Waals surface area contributed by atoms with Gasteiger partial charge in [0.2, 0.25) is 0 Å². The van der Waals surface area contributed by atoms with Crippen LogP contribution in [0.4, 0.5) is 0 Å². The van der Waals surface area contributed by atoms with Crippen molar-refractivity contribution in [3.63, 3.8) is 0 Å². The number of aryl methyl sites for hydroxylation is 1. The summed E-state index contributed by atoms with van der Waals surface area (Å²) in [6.07, 6.45) is 5.04. The van der Waals surface area contributed by atoms with Gasteiger partial charge in [-0.15, -0.1) is 0 Å². The van der Waals surface area contributed by atoms with Crippen LogP contribution in [0, 0.1) is 0 Å². The number of Topliss-reactive ketones (excluding diaryl/α,β-unsaturated/α-hetero) is 1. The summed E-state index contributed by atoms with van der Waals surface area (Å²) < 4.78 is 1.98. The first-order valence-corrected chi connectivity index (χ1v) is 8.13. The molecule has 2 N–H and O–H groups in total. The van der Waals surface area contributed by atoms with Gasteiger partial charge in [0, 0.05) is 48.6 Å². The van der Waals surface area contributed by atoms with Gasteiger partial charge in [0.05, 0.1) is 12.1 Å². The molecule has 2 aromatic heterocycles. The van der Waals surface area contributed by atoms with Gasteiger partial charge >= 0.3 is 0 Å². The minimum Gasteiger partial charge on any atom is -0.350 e. The summed E-state index contributed by atoms with van der Waals surface area (Å²) in [6, 6.07) is 11.3. The van der Waals surface area contributed by atoms with Crippen LogP contribution < -0.4 is 10.6 Å². The van der Waals surface area contributed by atoms with Gasteiger partial charge in [-0.25, -0.2) is 0 Å². The molecular weight excluding hydrogens is 316 g/mol. The molecule has 126 valence electrons. The maximum atomic E-state index is 12.8. The number of carbonyl (C=O) groups is 2. The Labute approximate surface area is 144 Å². The average molecular weight is 334 g/mol. The zero-order valence-corrected chi connectivity index (χ0v) is 13.8. The minimum atomic E-state index is -1.08. The number of carbonyl (C=O) groups excluding carboxylic acids is 2. The third-order valence-corrected chi connectivity index (χ3v) is 4.76. The summed E-state index contributed by atoms with van der Waals surface area (Å²) in [4.78, 5) is 29.5. The fourth-order valence-electron chi connectivity index (χ4n) is 3.48. The Balaban J connectivity index is 1.83. The molecule has 1 saturated heterocycles. The van der Waals surface area contributed by atoms with Crippen LogP contribution in [-0.4, -0.2) is 34.3 Å². The topological polar surface area (TPSA) is 76.0 Å². The van der Waals surface area contributed by atoms with E-state index >= 15 is 0 Å². The molecule has 0 aliphatic carbocycles. The van der Waals surface area contributed by atoms with E-state index in [2.05, 4.69) is 15.6 Å². The van der Waals surface area contributed by atoms with E-state index in [4.69, 9.17) is 0 Å². The number of amides is 1. The van der Waals surface area contributed by atoms with Crippen LogP contribution in [0.15, 0.2) is 55.0 Å². The molecule has 1 unspecified atom stereocenters. The van der Waals surface area contributed by atoms with E-state index in [1.54, 1.807) is 18.3 Å². The van der Waals surface area contributed by atoms with E-state index in [0.29, 0.717) is 12.1 Å². The largest absolute Gasteiger partial charge is 0.350 e. The number of nitrogens with one attached hydrogen (secondary N) is 2. The van der Waals surface area contributed by atoms with E-state index in [1.807, 2.05) is 42.1 Å². The summed E-state index contributed by atoms with van der Waals surface area (Å²) in [5.41, 5.74) is 1.19. The molecule has 1 aromatic carbocycles. The highest BCUT2D eigenvalue weighted by atomic mass is 16.2. The molecule has 6 nitrogen and oxygen atoms in total. The number of benzene rings is 1. The standard InChI is InChI=1S/C19H18N4O2/c1-23-11-15(14-6-2-3-7-16(14)23)19(12-21-10-17(19)24)22-18(25)13-5-4-8-20-9-13/h2-9,11,21H,10,12H2,1H3,(H,22,25). The molecule has 1 aliphatic rings. The molecule has 1 amide bonds. The number of fused-ring (bicyclic) bond motifs is 1. The Morgan fingerprint density at radius 3 is 2.84 bits per heavy atom. The molecule has 3 aromatic rings. The summed E-state index contributed by atoms with van der Waals surface area (Å²) in [6.45, 7) is 0.600. The van der Waals surface area contributed by atoms with Gasteiger partial charge in [-0.1, -0.05) is 18.2 Å². The SMILES string of the molecule is Cn1cc(C2(NC(=O)c3cccnc3)CNCC2=O)c2ccccc21. The van der Waals surface area contributed by atoms with Crippen molar-refractivity contribution in [2.24, 2.45) is 7.05 Å². The number of hydrogen-bond acceptors (Lipinski definition) is 4. The van der Waals surface area contributed by atoms with Crippen molar-refractivity contribution in [3.8, 4) is 0 Å². The number of aromatic nitrogens is 2. The lowest BCUT2D eigenvalue weighted by Crippen LogP contribution is -2.52. The summed E-state index contributed by atoms with van der Waals surface area (Å²) in [5, 5.41) is 7.05. The number of hydrogen-bond donors (Lipinski definition) is 2. The molecule has 0 saturated carbocycles. The lowest BCUT2D eigenvalue weighted by molar-refractivity contribution is -0.121. The lowest BCUT2D eigenvalue weighted by Gasteiger charge is -2.28. The second-order valence-corrected chi connectivity index (χ2v) is 6.30. The average Bonchev–Trinajstić information content (AvgIpc) is 3.17. The second-order valence-electron chi connectivity index (χ2n) is 6.30. The van der Waals surface area contributed by atoms with Gasteiger partial charge in [0.1, 0.15) is 5.54 Å². The molecule has 0 bridgehead atoms. The smallest absolute Gasteiger partial charge is 0.253 e. The number of rotatable bonds is 3. The van der Waals surface area contributed by atoms with Crippen molar-refractivity contribution in [2.45, 2.75) is 5.54 Å². The predicted octanol–water partition coefficient (Wildman–Crippen LogP) is 1.37. The number of para-hydroxylation sites is 1. The Kier molecular flexibility index (Phi) is 3.62. The summed E-state index contributed by atoms with van der Waals surface area (Å²) in [7, 11) is 1.94. The summed E-state index contributed by atoms with van der Waals surface area (Å²) >= 11 is 0. The number of nitrogens with zero attached hydrogens (tertiary/aromatic N) is 2. The van der Waals surface area contributed by atoms with Gasteiger partial charge in [-0.2, -0.15) is 0 Å². The Hall–Kier alpha value is -2.99. The predicted molar refractivity (Wildman–Crippen MR) is 94.2 cm³/mol. The third-order valence-electron chi connectivity index (χ3n) is 4.76. The molecule has 0 spiro atoms. The highest BCUT2D eigenvalue weighted by Gasteiger charge is 2.46. The highest BCUT2D eigenvalue weighted by Crippen LogP contribution is 2.33. The molecule has 1 atom stereocenters. The van der Waals surface area contributed by atoms with Crippen molar-refractivity contribution in [1.29, 1.82) is 0 Å². The zero-order chi connectivity index (χ0) is 17.4. The van der Waals surface area contributed by atoms with Crippen LogP contribution in [0.2, 0.25) is 0 Å². The van der Waals surface area contributed by atoms with Gasteiger partial charge < -0.3 is 15.2 Å². The quantitative estimate of drug-likeness (QED) is 0.758. The van der Waals surface area contributed by atoms with E-state index in [9.17, 15) is 9.59 Å². The van der Waals surface area contributed by atoms with Gasteiger partial charge in [0.15, 0.2) is 5.78 Å². The molecule has 6 heteroatoms. The van der Waals surface area contributed by atoms with Gasteiger partial charge in [0.25, 0.3) is 5.91 Å². The lowest BCUT2D eigenvalue weighted by atomic mass is 9.87. The van der Waals surface area contributed by atoms with Crippen molar-refractivity contribution < 1.29 is 9.59 Å². The van der Waals surface area contributed by atoms with Crippen LogP contribution in [0.3, 0.4) is 0 Å². The molecular formula is C19H18N4O2. The third kappa shape index (κ3) is 2.42. The van der Waals surface area contributed by atoms with Gasteiger partial charge in [-0.3, -0.25) is 14.6 Å². The maximum Gasteiger partial charge on any atom is 0.253 e. The van der Waals surface area contributed by atoms with Crippen LogP contribution in [0.25, 0.3) is 10.9 Å². The molecule has 4 rings (SSSR count). The Morgan fingerprint density at radius 1 is 1.28 bits per heavy atom. The molecule has 25 heavy (non-hydrogen) atoms. The van der Waals surface area contributed by atoms with E-state index in [-0.39, 0.29) is 18.2 Å². The van der Waals surface area contributed by atoms with Crippen LogP contribution >= 0.6 is 0 Å². The van der Waals surface area contributed by atoms with Crippen molar-refractivity contribution >= 4 is 22.6 Å². The number of pyridine rings is 1. The Morgan fingerprint density at radius 2 is 2.12 bits per heavy atom. The van der Waals surface area contributed by atoms with Crippen molar-refractivity contribution in [2.75, 3.05) is 13.1 Å². The molecule has 0 radical (unpaired) electrons. The first-order valence-electron chi connectivity index (χ1n) is 8.13. The van der Waals surface area contributed by atoms with Crippen LogP contribution in [0.1, 0.15) is 15.9 Å². The summed E-state index contributed by atoms with van der Waals surface area (Å²) in [5.74, 6) is -0.348. The second kappa shape index (κ2) is 5.82. The Bertz CT molecular complexity index is 964. The fourth-order valence-corrected chi connectivity index (χ4v) is 3.48. The molecule has 1 aliphatic heterocycles. The van der Waals surface area contributed by atoms with E-state index < -0.39 is 5.54 Å². The van der Waals surface area contributed by atoms with Crippen molar-refractivity contribution in [3.05, 3.63) is 66.1 Å². The fraction of sp³-hybridized carbons (Fsp3) is 0.211. The normalized spacial score (nSPS) is 20.1. The molecule has 3 heterocycles. The van der Waals surface area contributed by atoms with Crippen LogP contribution in [-0.2, 0) is 17.4 Å². The van der Waals surface area contributed by atoms with Crippen LogP contribution in [0.5, 0.6) is 0 Å². The van der Waals surface area contributed by atoms with Crippen molar-refractivity contribution in [1.82, 2.24) is 20.2 Å². The number of ketones is 1. The van der Waals surface area contributed by atoms with Gasteiger partial charge in [-0.05, 0) is 18.2 Å². The first kappa shape index (κ1) is 15.5. The zero-order valence-electron chi connectivity index (χ0n) is 13.8. The first-order chi connectivity index (χ1) is 12.1. The minimum absolute atomic E-state index is 0.0407. The monoisotopic (exact) mass is 334 g/mol. The van der Waals surface area contributed by atoms with E-state index in [0.717, 1.165) is 16.5 Å². The molecule has 1 fully saturated rings. The maximum absolute atomic E-state index is 12.8. The highest BCUT2D eigenvalue weighted by molar-refractivity contribution is 6.04.